The van der Waals surface area contributed by atoms with Crippen LogP contribution in [0.2, 0.25) is 0 Å². The number of nitrogens with one attached hydrogen (secondary N) is 1. The molecule has 0 bridgehead atoms. The summed E-state index contributed by atoms with van der Waals surface area (Å²) in [6.07, 6.45) is -2.93. The monoisotopic (exact) mass is 297 g/mol. The first-order chi connectivity index (χ1) is 9.58. The second kappa shape index (κ2) is 6.27. The van der Waals surface area contributed by atoms with Gasteiger partial charge in [0.05, 0.1) is 11.3 Å². The van der Waals surface area contributed by atoms with E-state index in [1.165, 1.54) is 12.1 Å². The Bertz CT molecular complexity index is 575. The fraction of sp³-hybridized carbons (Fsp3) is 0.467. The van der Waals surface area contributed by atoms with Gasteiger partial charge in [-0.15, -0.1) is 0 Å². The minimum Gasteiger partial charge on any atom is -0.308 e. The summed E-state index contributed by atoms with van der Waals surface area (Å²) in [6.45, 7) is 8.04. The maximum atomic E-state index is 12.9. The topological polar surface area (TPSA) is 48.7 Å². The molecular weight excluding hydrogens is 279 g/mol. The van der Waals surface area contributed by atoms with Crippen LogP contribution in [0.25, 0.3) is 5.57 Å². The lowest BCUT2D eigenvalue weighted by molar-refractivity contribution is -0.141. The highest BCUT2D eigenvalue weighted by atomic mass is 19.4. The van der Waals surface area contributed by atoms with Crippen LogP contribution in [0.4, 0.5) is 13.2 Å². The molecular formula is C15H18F3N3. The maximum absolute atomic E-state index is 12.9. The van der Waals surface area contributed by atoms with Crippen LogP contribution in [0.3, 0.4) is 0 Å². The van der Waals surface area contributed by atoms with E-state index < -0.39 is 17.4 Å². The van der Waals surface area contributed by atoms with Gasteiger partial charge in [0.2, 0.25) is 0 Å². The van der Waals surface area contributed by atoms with Crippen LogP contribution in [0.15, 0.2) is 18.2 Å². The molecule has 6 heteroatoms. The number of nitrogens with zero attached hydrogens (tertiary/aromatic N) is 2. The van der Waals surface area contributed by atoms with Crippen LogP contribution in [0.1, 0.15) is 44.6 Å². The van der Waals surface area contributed by atoms with Crippen molar-refractivity contribution in [1.29, 1.82) is 5.26 Å². The van der Waals surface area contributed by atoms with Crippen LogP contribution >= 0.6 is 0 Å². The van der Waals surface area contributed by atoms with Gasteiger partial charge in [-0.25, -0.2) is 4.98 Å². The fourth-order valence-corrected chi connectivity index (χ4v) is 1.65. The lowest BCUT2D eigenvalue weighted by Gasteiger charge is -2.22. The zero-order valence-corrected chi connectivity index (χ0v) is 12.5. The van der Waals surface area contributed by atoms with E-state index in [1.807, 2.05) is 20.8 Å². The third kappa shape index (κ3) is 4.87. The Morgan fingerprint density at radius 1 is 1.33 bits per heavy atom. The number of pyridine rings is 1. The summed E-state index contributed by atoms with van der Waals surface area (Å²) >= 11 is 0. The molecule has 1 rings (SSSR count). The largest absolute Gasteiger partial charge is 0.434 e. The quantitative estimate of drug-likeness (QED) is 0.924. The molecule has 0 atom stereocenters. The maximum Gasteiger partial charge on any atom is 0.434 e. The summed E-state index contributed by atoms with van der Waals surface area (Å²) in [5, 5.41) is 12.0. The minimum absolute atomic E-state index is 0.159. The van der Waals surface area contributed by atoms with E-state index in [9.17, 15) is 13.2 Å². The molecule has 1 aromatic heterocycles. The van der Waals surface area contributed by atoms with E-state index >= 15 is 0 Å². The summed E-state index contributed by atoms with van der Waals surface area (Å²) in [6, 6.07) is 4.12. The van der Waals surface area contributed by atoms with Crippen LogP contribution in [0, 0.1) is 11.3 Å². The van der Waals surface area contributed by atoms with E-state index in [2.05, 4.69) is 10.3 Å². The first-order valence-electron chi connectivity index (χ1n) is 6.47. The average molecular weight is 297 g/mol. The van der Waals surface area contributed by atoms with Gasteiger partial charge in [0.25, 0.3) is 0 Å². The normalized spacial score (nSPS) is 13.1. The van der Waals surface area contributed by atoms with Crippen LogP contribution in [-0.2, 0) is 6.18 Å². The molecule has 0 fully saturated rings. The lowest BCUT2D eigenvalue weighted by atomic mass is 10.1. The number of hydrogen-bond acceptors (Lipinski definition) is 3. The predicted molar refractivity (Wildman–Crippen MR) is 75.4 cm³/mol. The fourth-order valence-electron chi connectivity index (χ4n) is 1.65. The zero-order chi connectivity index (χ0) is 16.3. The molecule has 1 N–H and O–H groups in total. The van der Waals surface area contributed by atoms with Crippen molar-refractivity contribution < 1.29 is 13.2 Å². The summed E-state index contributed by atoms with van der Waals surface area (Å²) in [5.41, 5.74) is -0.892. The molecule has 0 radical (unpaired) electrons. The Morgan fingerprint density at radius 2 is 1.95 bits per heavy atom. The highest BCUT2D eigenvalue weighted by Crippen LogP contribution is 2.31. The Balaban J connectivity index is 3.16. The number of rotatable bonds is 3. The summed E-state index contributed by atoms with van der Waals surface area (Å²) < 4.78 is 38.7. The summed E-state index contributed by atoms with van der Waals surface area (Å²) in [5.74, 6) is 0. The van der Waals surface area contributed by atoms with Crippen molar-refractivity contribution in [3.63, 3.8) is 0 Å². The molecule has 0 aromatic carbocycles. The van der Waals surface area contributed by atoms with E-state index in [4.69, 9.17) is 5.26 Å². The highest BCUT2D eigenvalue weighted by molar-refractivity contribution is 5.64. The second-order valence-electron chi connectivity index (χ2n) is 5.62. The smallest absolute Gasteiger partial charge is 0.308 e. The molecule has 114 valence electrons. The Kier molecular flexibility index (Phi) is 5.13. The molecule has 1 aromatic rings. The van der Waals surface area contributed by atoms with Crippen molar-refractivity contribution in [2.75, 3.05) is 6.54 Å². The summed E-state index contributed by atoms with van der Waals surface area (Å²) in [4.78, 5) is 3.63. The van der Waals surface area contributed by atoms with Gasteiger partial charge in [-0.1, -0.05) is 6.08 Å². The van der Waals surface area contributed by atoms with Crippen molar-refractivity contribution in [3.8, 4) is 6.07 Å². The third-order valence-electron chi connectivity index (χ3n) is 2.77. The molecule has 21 heavy (non-hydrogen) atoms. The average Bonchev–Trinajstić information content (AvgIpc) is 2.37. The van der Waals surface area contributed by atoms with Crippen molar-refractivity contribution in [2.45, 2.75) is 39.4 Å². The molecule has 0 unspecified atom stereocenters. The highest BCUT2D eigenvalue weighted by Gasteiger charge is 2.36. The molecule has 0 aliphatic heterocycles. The van der Waals surface area contributed by atoms with Crippen molar-refractivity contribution >= 4 is 5.57 Å². The minimum atomic E-state index is -4.64. The standard InChI is InChI=1S/C15H18F3N3/c1-5-10(9-20-14(2,3)4)12-7-6-11(8-19)13(21-12)15(16,17)18/h5-7,20H,9H2,1-4H3/b10-5-. The number of hydrogen-bond donors (Lipinski definition) is 1. The Labute approximate surface area is 122 Å². The van der Waals surface area contributed by atoms with Gasteiger partial charge >= 0.3 is 6.18 Å². The summed E-state index contributed by atoms with van der Waals surface area (Å²) in [7, 11) is 0. The van der Waals surface area contributed by atoms with Gasteiger partial charge in [0.15, 0.2) is 5.69 Å². The number of allylic oxidation sites excluding steroid dienone is 1. The number of halogens is 3. The van der Waals surface area contributed by atoms with Crippen LogP contribution in [0.5, 0.6) is 0 Å². The molecule has 0 saturated heterocycles. The van der Waals surface area contributed by atoms with E-state index in [1.54, 1.807) is 13.0 Å². The Hall–Kier alpha value is -1.87. The molecule has 0 aliphatic carbocycles. The second-order valence-corrected chi connectivity index (χ2v) is 5.62. The Morgan fingerprint density at radius 3 is 2.38 bits per heavy atom. The van der Waals surface area contributed by atoms with Gasteiger partial charge in [0.1, 0.15) is 6.07 Å². The molecule has 0 spiro atoms. The van der Waals surface area contributed by atoms with Gasteiger partial charge in [0, 0.05) is 12.1 Å². The van der Waals surface area contributed by atoms with Crippen molar-refractivity contribution in [1.82, 2.24) is 10.3 Å². The SMILES string of the molecule is C/C=C(/CNC(C)(C)C)c1ccc(C#N)c(C(F)(F)F)n1. The number of alkyl halides is 3. The molecule has 0 amide bonds. The van der Waals surface area contributed by atoms with E-state index in [-0.39, 0.29) is 11.2 Å². The van der Waals surface area contributed by atoms with Crippen molar-refractivity contribution in [2.24, 2.45) is 0 Å². The van der Waals surface area contributed by atoms with Crippen LogP contribution < -0.4 is 5.32 Å². The lowest BCUT2D eigenvalue weighted by Crippen LogP contribution is -2.36. The van der Waals surface area contributed by atoms with Gasteiger partial charge < -0.3 is 5.32 Å². The molecule has 3 nitrogen and oxygen atoms in total. The molecule has 0 saturated carbocycles. The van der Waals surface area contributed by atoms with Gasteiger partial charge in [-0.2, -0.15) is 18.4 Å². The molecule has 1 heterocycles. The van der Waals surface area contributed by atoms with E-state index in [0.717, 1.165) is 6.07 Å². The van der Waals surface area contributed by atoms with Gasteiger partial charge in [-0.3, -0.25) is 0 Å². The van der Waals surface area contributed by atoms with Crippen LogP contribution in [-0.4, -0.2) is 17.1 Å². The van der Waals surface area contributed by atoms with E-state index in [0.29, 0.717) is 12.1 Å². The molecule has 0 aliphatic rings. The van der Waals surface area contributed by atoms with Crippen molar-refractivity contribution in [3.05, 3.63) is 35.2 Å². The predicted octanol–water partition coefficient (Wildman–Crippen LogP) is 3.76. The first kappa shape index (κ1) is 17.2. The number of nitriles is 1. The zero-order valence-electron chi connectivity index (χ0n) is 12.5. The third-order valence-corrected chi connectivity index (χ3v) is 2.77. The van der Waals surface area contributed by atoms with Gasteiger partial charge in [-0.05, 0) is 45.4 Å². The first-order valence-corrected chi connectivity index (χ1v) is 6.47. The number of aromatic nitrogens is 1.